The first kappa shape index (κ1) is 16.3. The zero-order valence-electron chi connectivity index (χ0n) is 13.2. The molecule has 1 aliphatic carbocycles. The maximum Gasteiger partial charge on any atom is 0.308 e. The second-order valence-electron chi connectivity index (χ2n) is 6.37. The van der Waals surface area contributed by atoms with Crippen LogP contribution in [0.15, 0.2) is 0 Å². The molecular weight excluding hydrogens is 270 g/mol. The predicted octanol–water partition coefficient (Wildman–Crippen LogP) is 1.99. The Hall–Kier alpha value is -1.10. The van der Waals surface area contributed by atoms with Gasteiger partial charge in [-0.1, -0.05) is 6.92 Å². The van der Waals surface area contributed by atoms with Gasteiger partial charge in [0, 0.05) is 13.1 Å². The maximum atomic E-state index is 12.1. The van der Waals surface area contributed by atoms with E-state index in [4.69, 9.17) is 9.47 Å². The van der Waals surface area contributed by atoms with Gasteiger partial charge in [-0.05, 0) is 44.4 Å². The van der Waals surface area contributed by atoms with Gasteiger partial charge in [0.25, 0.3) is 0 Å². The van der Waals surface area contributed by atoms with E-state index in [2.05, 4.69) is 6.92 Å². The SMILES string of the molecule is COC(=O)C1CCC(OCC(=O)N2CCC(C)CC2)CC1. The van der Waals surface area contributed by atoms with Crippen molar-refractivity contribution in [1.82, 2.24) is 4.90 Å². The Bertz CT molecular complexity index is 355. The van der Waals surface area contributed by atoms with Gasteiger partial charge in [-0.15, -0.1) is 0 Å². The summed E-state index contributed by atoms with van der Waals surface area (Å²) in [6.45, 7) is 4.14. The van der Waals surface area contributed by atoms with Crippen LogP contribution in [0.5, 0.6) is 0 Å². The van der Waals surface area contributed by atoms with Crippen LogP contribution in [0, 0.1) is 11.8 Å². The van der Waals surface area contributed by atoms with Gasteiger partial charge in [-0.3, -0.25) is 9.59 Å². The number of hydrogen-bond acceptors (Lipinski definition) is 4. The Morgan fingerprint density at radius 2 is 1.67 bits per heavy atom. The molecule has 0 bridgehead atoms. The number of nitrogens with zero attached hydrogens (tertiary/aromatic N) is 1. The monoisotopic (exact) mass is 297 g/mol. The number of amides is 1. The number of likely N-dealkylation sites (tertiary alicyclic amines) is 1. The Morgan fingerprint density at radius 1 is 1.05 bits per heavy atom. The minimum Gasteiger partial charge on any atom is -0.469 e. The van der Waals surface area contributed by atoms with E-state index in [-0.39, 0.29) is 30.5 Å². The van der Waals surface area contributed by atoms with E-state index in [0.717, 1.165) is 57.5 Å². The lowest BCUT2D eigenvalue weighted by atomic mass is 9.87. The molecule has 120 valence electrons. The summed E-state index contributed by atoms with van der Waals surface area (Å²) in [4.78, 5) is 25.5. The van der Waals surface area contributed by atoms with E-state index < -0.39 is 0 Å². The summed E-state index contributed by atoms with van der Waals surface area (Å²) in [7, 11) is 1.43. The molecule has 1 heterocycles. The first-order valence-electron chi connectivity index (χ1n) is 8.07. The van der Waals surface area contributed by atoms with Crippen LogP contribution in [0.4, 0.5) is 0 Å². The van der Waals surface area contributed by atoms with E-state index in [1.54, 1.807) is 0 Å². The van der Waals surface area contributed by atoms with E-state index in [9.17, 15) is 9.59 Å². The summed E-state index contributed by atoms with van der Waals surface area (Å²) < 4.78 is 10.5. The minimum absolute atomic E-state index is 0.00846. The van der Waals surface area contributed by atoms with Crippen molar-refractivity contribution in [2.45, 2.75) is 51.6 Å². The molecule has 1 aliphatic heterocycles. The van der Waals surface area contributed by atoms with Crippen LogP contribution in [-0.4, -0.2) is 49.7 Å². The molecule has 5 nitrogen and oxygen atoms in total. The maximum absolute atomic E-state index is 12.1. The molecule has 0 radical (unpaired) electrons. The fraction of sp³-hybridized carbons (Fsp3) is 0.875. The van der Waals surface area contributed by atoms with Crippen molar-refractivity contribution in [1.29, 1.82) is 0 Å². The van der Waals surface area contributed by atoms with E-state index in [1.807, 2.05) is 4.90 Å². The normalized spacial score (nSPS) is 27.4. The quantitative estimate of drug-likeness (QED) is 0.745. The van der Waals surface area contributed by atoms with Gasteiger partial charge in [0.2, 0.25) is 5.91 Å². The highest BCUT2D eigenvalue weighted by Crippen LogP contribution is 2.27. The van der Waals surface area contributed by atoms with Gasteiger partial charge < -0.3 is 14.4 Å². The fourth-order valence-corrected chi connectivity index (χ4v) is 3.17. The van der Waals surface area contributed by atoms with E-state index >= 15 is 0 Å². The highest BCUT2D eigenvalue weighted by atomic mass is 16.5. The van der Waals surface area contributed by atoms with Crippen LogP contribution in [0.1, 0.15) is 45.4 Å². The molecule has 0 N–H and O–H groups in total. The van der Waals surface area contributed by atoms with E-state index in [1.165, 1.54) is 7.11 Å². The van der Waals surface area contributed by atoms with Crippen molar-refractivity contribution in [2.24, 2.45) is 11.8 Å². The Balaban J connectivity index is 1.65. The predicted molar refractivity (Wildman–Crippen MR) is 78.7 cm³/mol. The molecule has 21 heavy (non-hydrogen) atoms. The van der Waals surface area contributed by atoms with Gasteiger partial charge in [0.05, 0.1) is 19.1 Å². The smallest absolute Gasteiger partial charge is 0.308 e. The molecule has 1 amide bonds. The molecule has 2 fully saturated rings. The molecule has 5 heteroatoms. The first-order valence-corrected chi connectivity index (χ1v) is 8.07. The average molecular weight is 297 g/mol. The summed E-state index contributed by atoms with van der Waals surface area (Å²) in [6.07, 6.45) is 5.57. The second kappa shape index (κ2) is 7.78. The number of piperidine rings is 1. The van der Waals surface area contributed by atoms with Crippen LogP contribution in [0.2, 0.25) is 0 Å². The van der Waals surface area contributed by atoms with Crippen LogP contribution < -0.4 is 0 Å². The summed E-state index contributed by atoms with van der Waals surface area (Å²) in [5, 5.41) is 0. The molecule has 1 saturated carbocycles. The van der Waals surface area contributed by atoms with Crippen LogP contribution >= 0.6 is 0 Å². The average Bonchev–Trinajstić information content (AvgIpc) is 2.53. The van der Waals surface area contributed by atoms with Crippen LogP contribution in [0.25, 0.3) is 0 Å². The standard InChI is InChI=1S/C16H27NO4/c1-12-7-9-17(10-8-12)15(18)11-21-14-5-3-13(4-6-14)16(19)20-2/h12-14H,3-11H2,1-2H3. The zero-order valence-corrected chi connectivity index (χ0v) is 13.2. The number of carbonyl (C=O) groups is 2. The number of methoxy groups -OCH3 is 1. The van der Waals surface area contributed by atoms with Crippen molar-refractivity contribution in [3.05, 3.63) is 0 Å². The summed E-state index contributed by atoms with van der Waals surface area (Å²) in [6, 6.07) is 0. The van der Waals surface area contributed by atoms with Gasteiger partial charge in [0.15, 0.2) is 0 Å². The fourth-order valence-electron chi connectivity index (χ4n) is 3.17. The third-order valence-corrected chi connectivity index (χ3v) is 4.79. The molecule has 1 saturated heterocycles. The lowest BCUT2D eigenvalue weighted by Crippen LogP contribution is -2.41. The minimum atomic E-state index is -0.119. The second-order valence-corrected chi connectivity index (χ2v) is 6.37. The molecule has 0 aromatic heterocycles. The molecule has 0 unspecified atom stereocenters. The molecule has 0 spiro atoms. The molecule has 0 aromatic rings. The number of hydrogen-bond donors (Lipinski definition) is 0. The largest absolute Gasteiger partial charge is 0.469 e. The number of rotatable bonds is 4. The Morgan fingerprint density at radius 3 is 2.24 bits per heavy atom. The van der Waals surface area contributed by atoms with Gasteiger partial charge in [-0.25, -0.2) is 0 Å². The number of carbonyl (C=O) groups excluding carboxylic acids is 2. The highest BCUT2D eigenvalue weighted by Gasteiger charge is 2.28. The van der Waals surface area contributed by atoms with Crippen molar-refractivity contribution in [3.63, 3.8) is 0 Å². The first-order chi connectivity index (χ1) is 10.1. The van der Waals surface area contributed by atoms with Crippen molar-refractivity contribution < 1.29 is 19.1 Å². The zero-order chi connectivity index (χ0) is 15.2. The van der Waals surface area contributed by atoms with Gasteiger partial charge >= 0.3 is 5.97 Å². The molecular formula is C16H27NO4. The third-order valence-electron chi connectivity index (χ3n) is 4.79. The lowest BCUT2D eigenvalue weighted by Gasteiger charge is -2.31. The van der Waals surface area contributed by atoms with E-state index in [0.29, 0.717) is 0 Å². The molecule has 2 rings (SSSR count). The third kappa shape index (κ3) is 4.70. The van der Waals surface area contributed by atoms with Gasteiger partial charge in [-0.2, -0.15) is 0 Å². The molecule has 0 aromatic carbocycles. The van der Waals surface area contributed by atoms with Crippen molar-refractivity contribution in [2.75, 3.05) is 26.8 Å². The van der Waals surface area contributed by atoms with Crippen LogP contribution in [-0.2, 0) is 19.1 Å². The summed E-state index contributed by atoms with van der Waals surface area (Å²) in [5.41, 5.74) is 0. The summed E-state index contributed by atoms with van der Waals surface area (Å²) in [5.74, 6) is 0.724. The highest BCUT2D eigenvalue weighted by molar-refractivity contribution is 5.77. The van der Waals surface area contributed by atoms with Gasteiger partial charge in [0.1, 0.15) is 6.61 Å². The van der Waals surface area contributed by atoms with Crippen LogP contribution in [0.3, 0.4) is 0 Å². The lowest BCUT2D eigenvalue weighted by molar-refractivity contribution is -0.149. The van der Waals surface area contributed by atoms with Crippen molar-refractivity contribution in [3.8, 4) is 0 Å². The Kier molecular flexibility index (Phi) is 6.03. The number of ether oxygens (including phenoxy) is 2. The Labute approximate surface area is 127 Å². The number of esters is 1. The molecule has 2 aliphatic rings. The molecule has 0 atom stereocenters. The topological polar surface area (TPSA) is 55.8 Å². The summed E-state index contributed by atoms with van der Waals surface area (Å²) >= 11 is 0. The van der Waals surface area contributed by atoms with Crippen molar-refractivity contribution >= 4 is 11.9 Å².